The van der Waals surface area contributed by atoms with Crippen molar-refractivity contribution >= 4 is 0 Å². The maximum absolute atomic E-state index is 8.76. The Balaban J connectivity index is 2.26. The molecule has 2 nitrogen and oxygen atoms in total. The summed E-state index contributed by atoms with van der Waals surface area (Å²) in [7, 11) is 0. The molecule has 0 saturated heterocycles. The Morgan fingerprint density at radius 3 is 2.43 bits per heavy atom. The number of rotatable bonds is 0. The molecule has 1 aliphatic carbocycles. The highest BCUT2D eigenvalue weighted by atomic mass is 16.3. The van der Waals surface area contributed by atoms with Crippen molar-refractivity contribution < 1.29 is 5.11 Å². The first-order valence-corrected chi connectivity index (χ1v) is 2.57. The Labute approximate surface area is 43.3 Å². The van der Waals surface area contributed by atoms with E-state index in [1.165, 1.54) is 0 Å². The highest BCUT2D eigenvalue weighted by molar-refractivity contribution is 4.93. The van der Waals surface area contributed by atoms with Crippen molar-refractivity contribution in [2.24, 2.45) is 5.73 Å². The molecule has 0 amide bonds. The lowest BCUT2D eigenvalue weighted by atomic mass is 10.3. The fraction of sp³-hybridized carbons (Fsp3) is 0.800. The molecule has 1 radical (unpaired) electrons. The summed E-state index contributed by atoms with van der Waals surface area (Å²) in [6, 6.07) is 0.148. The Morgan fingerprint density at radius 2 is 2.29 bits per heavy atom. The predicted octanol–water partition coefficient (Wildman–Crippen LogP) is -0.327. The zero-order chi connectivity index (χ0) is 5.28. The molecule has 1 aliphatic rings. The third-order valence-corrected chi connectivity index (χ3v) is 1.27. The van der Waals surface area contributed by atoms with Gasteiger partial charge in [0.05, 0.1) is 6.10 Å². The van der Waals surface area contributed by atoms with Gasteiger partial charge in [0.2, 0.25) is 0 Å². The van der Waals surface area contributed by atoms with Crippen LogP contribution >= 0.6 is 0 Å². The van der Waals surface area contributed by atoms with Gasteiger partial charge in [-0.15, -0.1) is 0 Å². The largest absolute Gasteiger partial charge is 0.393 e. The average Bonchev–Trinajstić information content (AvgIpc) is 1.87. The lowest BCUT2D eigenvalue weighted by Crippen LogP contribution is -2.16. The van der Waals surface area contributed by atoms with Gasteiger partial charge >= 0.3 is 0 Å². The topological polar surface area (TPSA) is 46.2 Å². The summed E-state index contributed by atoms with van der Waals surface area (Å²) in [4.78, 5) is 0. The number of aliphatic hydroxyl groups excluding tert-OH is 1. The van der Waals surface area contributed by atoms with Gasteiger partial charge in [-0.1, -0.05) is 0 Å². The molecule has 1 rings (SSSR count). The second-order valence-corrected chi connectivity index (χ2v) is 2.00. The number of aliphatic hydroxyl groups is 1. The fourth-order valence-corrected chi connectivity index (χ4v) is 0.841. The van der Waals surface area contributed by atoms with Gasteiger partial charge < -0.3 is 10.8 Å². The van der Waals surface area contributed by atoms with Crippen LogP contribution in [0.15, 0.2) is 0 Å². The van der Waals surface area contributed by atoms with Crippen LogP contribution in [0.5, 0.6) is 0 Å². The van der Waals surface area contributed by atoms with Crippen LogP contribution in [0.25, 0.3) is 0 Å². The van der Waals surface area contributed by atoms with E-state index in [-0.39, 0.29) is 12.1 Å². The molecule has 1 fully saturated rings. The number of hydrogen-bond donors (Lipinski definition) is 2. The van der Waals surface area contributed by atoms with Crippen molar-refractivity contribution in [3.05, 3.63) is 6.42 Å². The first kappa shape index (κ1) is 5.06. The molecular weight excluding hydrogens is 90.1 g/mol. The Bertz CT molecular complexity index is 57.1. The van der Waals surface area contributed by atoms with Gasteiger partial charge in [0.15, 0.2) is 0 Å². The molecule has 1 saturated carbocycles. The minimum atomic E-state index is -0.227. The van der Waals surface area contributed by atoms with Gasteiger partial charge in [-0.3, -0.25) is 0 Å². The van der Waals surface area contributed by atoms with Gasteiger partial charge in [-0.25, -0.2) is 0 Å². The van der Waals surface area contributed by atoms with Crippen LogP contribution in [0.2, 0.25) is 0 Å². The van der Waals surface area contributed by atoms with E-state index >= 15 is 0 Å². The summed E-state index contributed by atoms with van der Waals surface area (Å²) in [5.41, 5.74) is 5.41. The van der Waals surface area contributed by atoms with E-state index < -0.39 is 0 Å². The summed E-state index contributed by atoms with van der Waals surface area (Å²) < 4.78 is 0. The second-order valence-electron chi connectivity index (χ2n) is 2.00. The fourth-order valence-electron chi connectivity index (χ4n) is 0.841. The van der Waals surface area contributed by atoms with Crippen LogP contribution in [0.3, 0.4) is 0 Å². The molecule has 0 spiro atoms. The zero-order valence-corrected chi connectivity index (χ0v) is 4.17. The van der Waals surface area contributed by atoms with Crippen molar-refractivity contribution in [3.8, 4) is 0 Å². The molecule has 0 aliphatic heterocycles. The third-order valence-electron chi connectivity index (χ3n) is 1.27. The summed E-state index contributed by atoms with van der Waals surface area (Å²) in [6.45, 7) is 0. The Kier molecular flexibility index (Phi) is 1.30. The minimum Gasteiger partial charge on any atom is -0.393 e. The van der Waals surface area contributed by atoms with Crippen LogP contribution in [0.4, 0.5) is 0 Å². The molecule has 0 heterocycles. The van der Waals surface area contributed by atoms with Crippen LogP contribution in [-0.2, 0) is 0 Å². The lowest BCUT2D eigenvalue weighted by molar-refractivity contribution is 0.215. The molecule has 2 atom stereocenters. The molecule has 0 aromatic carbocycles. The van der Waals surface area contributed by atoms with Crippen LogP contribution in [0.1, 0.15) is 12.8 Å². The molecule has 2 heteroatoms. The smallest absolute Gasteiger partial charge is 0.0588 e. The summed E-state index contributed by atoms with van der Waals surface area (Å²) >= 11 is 0. The van der Waals surface area contributed by atoms with Crippen molar-refractivity contribution in [2.45, 2.75) is 25.0 Å². The maximum Gasteiger partial charge on any atom is 0.0588 e. The predicted molar refractivity (Wildman–Crippen MR) is 27.5 cm³/mol. The van der Waals surface area contributed by atoms with Gasteiger partial charge in [0, 0.05) is 12.5 Å². The maximum atomic E-state index is 8.76. The first-order valence-electron chi connectivity index (χ1n) is 2.57. The molecule has 3 N–H and O–H groups in total. The van der Waals surface area contributed by atoms with E-state index in [1.807, 2.05) is 0 Å². The second kappa shape index (κ2) is 1.80. The van der Waals surface area contributed by atoms with Crippen molar-refractivity contribution in [3.63, 3.8) is 0 Å². The zero-order valence-electron chi connectivity index (χ0n) is 4.17. The van der Waals surface area contributed by atoms with Crippen molar-refractivity contribution in [2.75, 3.05) is 0 Å². The molecule has 0 aromatic heterocycles. The van der Waals surface area contributed by atoms with E-state index in [1.54, 1.807) is 6.42 Å². The number of hydrogen-bond acceptors (Lipinski definition) is 2. The molecule has 0 aromatic rings. The SMILES string of the molecule is NC1[CH]C(O)CC1. The highest BCUT2D eigenvalue weighted by Gasteiger charge is 2.18. The van der Waals surface area contributed by atoms with Crippen molar-refractivity contribution in [1.82, 2.24) is 0 Å². The van der Waals surface area contributed by atoms with E-state index in [0.29, 0.717) is 0 Å². The molecule has 2 unspecified atom stereocenters. The van der Waals surface area contributed by atoms with Gasteiger partial charge in [0.1, 0.15) is 0 Å². The minimum absolute atomic E-state index is 0.148. The molecule has 0 bridgehead atoms. The summed E-state index contributed by atoms with van der Waals surface area (Å²) in [5.74, 6) is 0. The lowest BCUT2D eigenvalue weighted by Gasteiger charge is -1.95. The van der Waals surface area contributed by atoms with E-state index in [9.17, 15) is 0 Å². The van der Waals surface area contributed by atoms with Gasteiger partial charge in [0.25, 0.3) is 0 Å². The van der Waals surface area contributed by atoms with Gasteiger partial charge in [-0.2, -0.15) is 0 Å². The van der Waals surface area contributed by atoms with Crippen LogP contribution in [-0.4, -0.2) is 17.3 Å². The standard InChI is InChI=1S/C5H10NO/c6-4-1-2-5(7)3-4/h3-5,7H,1-2,6H2. The normalized spacial score (nSPS) is 42.0. The van der Waals surface area contributed by atoms with Gasteiger partial charge in [-0.05, 0) is 12.8 Å². The first-order chi connectivity index (χ1) is 3.29. The molecule has 41 valence electrons. The molecular formula is C5H10NO. The van der Waals surface area contributed by atoms with E-state index in [0.717, 1.165) is 12.8 Å². The quantitative estimate of drug-likeness (QED) is 0.438. The highest BCUT2D eigenvalue weighted by Crippen LogP contribution is 2.14. The van der Waals surface area contributed by atoms with E-state index in [4.69, 9.17) is 10.8 Å². The van der Waals surface area contributed by atoms with Crippen LogP contribution < -0.4 is 5.73 Å². The monoisotopic (exact) mass is 100 g/mol. The van der Waals surface area contributed by atoms with E-state index in [2.05, 4.69) is 0 Å². The summed E-state index contributed by atoms with van der Waals surface area (Å²) in [5, 5.41) is 8.76. The Morgan fingerprint density at radius 1 is 1.57 bits per heavy atom. The number of nitrogens with two attached hydrogens (primary N) is 1. The van der Waals surface area contributed by atoms with Crippen LogP contribution in [0, 0.1) is 6.42 Å². The third kappa shape index (κ3) is 1.14. The summed E-state index contributed by atoms with van der Waals surface area (Å²) in [6.07, 6.45) is 3.34. The average molecular weight is 100 g/mol. The molecule has 7 heavy (non-hydrogen) atoms. The Hall–Kier alpha value is -0.0800. The van der Waals surface area contributed by atoms with Crippen molar-refractivity contribution in [1.29, 1.82) is 0 Å².